The van der Waals surface area contributed by atoms with Crippen molar-refractivity contribution in [1.29, 1.82) is 0 Å². The van der Waals surface area contributed by atoms with Crippen LogP contribution in [0.5, 0.6) is 5.75 Å². The van der Waals surface area contributed by atoms with E-state index in [1.165, 1.54) is 19.3 Å². The Morgan fingerprint density at radius 1 is 1.35 bits per heavy atom. The molecule has 0 atom stereocenters. The summed E-state index contributed by atoms with van der Waals surface area (Å²) < 4.78 is 5.76. The van der Waals surface area contributed by atoms with Crippen LogP contribution in [0.2, 0.25) is 5.02 Å². The summed E-state index contributed by atoms with van der Waals surface area (Å²) in [5.41, 5.74) is 3.85. The third-order valence-corrected chi connectivity index (χ3v) is 3.28. The molecule has 1 fully saturated rings. The fraction of sp³-hybridized carbons (Fsp3) is 0.538. The first-order chi connectivity index (χ1) is 8.28. The number of hydroxylamine groups is 1. The van der Waals surface area contributed by atoms with Crippen LogP contribution in [0.3, 0.4) is 0 Å². The molecule has 1 saturated carbocycles. The molecule has 1 aromatic carbocycles. The summed E-state index contributed by atoms with van der Waals surface area (Å²) in [7, 11) is 1.60. The van der Waals surface area contributed by atoms with Gasteiger partial charge in [-0.1, -0.05) is 18.0 Å². The van der Waals surface area contributed by atoms with Gasteiger partial charge in [0, 0.05) is 11.6 Å². The van der Waals surface area contributed by atoms with E-state index in [1.807, 2.05) is 18.2 Å². The largest absolute Gasteiger partial charge is 0.493 e. The number of hydrogen-bond donors (Lipinski definition) is 1. The van der Waals surface area contributed by atoms with E-state index in [4.69, 9.17) is 21.2 Å². The fourth-order valence-electron chi connectivity index (χ4n) is 1.84. The van der Waals surface area contributed by atoms with Crippen LogP contribution in [0.1, 0.15) is 24.8 Å². The normalized spacial score (nSPS) is 15.6. The van der Waals surface area contributed by atoms with E-state index in [9.17, 15) is 0 Å². The van der Waals surface area contributed by atoms with Gasteiger partial charge in [-0.15, -0.1) is 0 Å². The van der Waals surface area contributed by atoms with Gasteiger partial charge in [-0.3, -0.25) is 0 Å². The highest BCUT2D eigenvalue weighted by atomic mass is 35.5. The van der Waals surface area contributed by atoms with Crippen molar-refractivity contribution in [2.24, 2.45) is 5.92 Å². The first kappa shape index (κ1) is 12.7. The molecule has 1 N–H and O–H groups in total. The van der Waals surface area contributed by atoms with E-state index in [0.717, 1.165) is 23.8 Å². The van der Waals surface area contributed by atoms with Crippen molar-refractivity contribution in [3.63, 3.8) is 0 Å². The highest BCUT2D eigenvalue weighted by Crippen LogP contribution is 2.28. The molecule has 2 rings (SSSR count). The second kappa shape index (κ2) is 6.24. The van der Waals surface area contributed by atoms with Crippen LogP contribution >= 0.6 is 11.6 Å². The molecule has 0 aromatic heterocycles. The van der Waals surface area contributed by atoms with Crippen LogP contribution in [0.4, 0.5) is 0 Å². The monoisotopic (exact) mass is 255 g/mol. The molecule has 0 aliphatic heterocycles. The number of ether oxygens (including phenoxy) is 1. The molecule has 0 amide bonds. The standard InChI is InChI=1S/C13H18ClNO2/c1-16-15-8-11-5-12(14)7-13(6-11)17-9-10-3-2-4-10/h5-7,10,15H,2-4,8-9H2,1H3. The lowest BCUT2D eigenvalue weighted by Crippen LogP contribution is -2.19. The van der Waals surface area contributed by atoms with Crippen molar-refractivity contribution in [2.45, 2.75) is 25.8 Å². The van der Waals surface area contributed by atoms with E-state index < -0.39 is 0 Å². The Labute approximate surface area is 107 Å². The summed E-state index contributed by atoms with van der Waals surface area (Å²) in [5.74, 6) is 1.58. The minimum atomic E-state index is 0.622. The Hall–Kier alpha value is -0.770. The highest BCUT2D eigenvalue weighted by molar-refractivity contribution is 6.30. The first-order valence-electron chi connectivity index (χ1n) is 5.96. The molecule has 0 saturated heterocycles. The van der Waals surface area contributed by atoms with Crippen molar-refractivity contribution >= 4 is 11.6 Å². The maximum atomic E-state index is 6.04. The van der Waals surface area contributed by atoms with Crippen molar-refractivity contribution in [3.05, 3.63) is 28.8 Å². The number of hydrogen-bond acceptors (Lipinski definition) is 3. The van der Waals surface area contributed by atoms with Crippen molar-refractivity contribution in [3.8, 4) is 5.75 Å². The van der Waals surface area contributed by atoms with Crippen molar-refractivity contribution < 1.29 is 9.57 Å². The van der Waals surface area contributed by atoms with E-state index >= 15 is 0 Å². The molecule has 0 heterocycles. The van der Waals surface area contributed by atoms with Gasteiger partial charge >= 0.3 is 0 Å². The summed E-state index contributed by atoms with van der Waals surface area (Å²) in [6.07, 6.45) is 3.92. The maximum absolute atomic E-state index is 6.04. The van der Waals surface area contributed by atoms with Crippen LogP contribution in [-0.2, 0) is 11.4 Å². The number of nitrogens with one attached hydrogen (secondary N) is 1. The molecule has 3 nitrogen and oxygen atoms in total. The van der Waals surface area contributed by atoms with E-state index in [1.54, 1.807) is 7.11 Å². The zero-order chi connectivity index (χ0) is 12.1. The lowest BCUT2D eigenvalue weighted by molar-refractivity contribution is 0.0866. The van der Waals surface area contributed by atoms with Crippen LogP contribution in [0.25, 0.3) is 0 Å². The van der Waals surface area contributed by atoms with E-state index in [-0.39, 0.29) is 0 Å². The smallest absolute Gasteiger partial charge is 0.121 e. The third kappa shape index (κ3) is 3.87. The molecular weight excluding hydrogens is 238 g/mol. The summed E-state index contributed by atoms with van der Waals surface area (Å²) in [6.45, 7) is 1.42. The molecule has 0 unspecified atom stereocenters. The van der Waals surface area contributed by atoms with Gasteiger partial charge in [-0.2, -0.15) is 5.48 Å². The Bertz CT molecular complexity index is 366. The molecule has 94 valence electrons. The average Bonchev–Trinajstić information content (AvgIpc) is 2.23. The SMILES string of the molecule is CONCc1cc(Cl)cc(OCC2CCC2)c1. The molecule has 0 radical (unpaired) electrons. The van der Waals surface area contributed by atoms with Crippen LogP contribution in [0, 0.1) is 5.92 Å². The molecule has 17 heavy (non-hydrogen) atoms. The van der Waals surface area contributed by atoms with Crippen LogP contribution in [0.15, 0.2) is 18.2 Å². The second-order valence-electron chi connectivity index (χ2n) is 4.43. The Kier molecular flexibility index (Phi) is 4.66. The Balaban J connectivity index is 1.92. The Morgan fingerprint density at radius 2 is 2.18 bits per heavy atom. The van der Waals surface area contributed by atoms with Gasteiger partial charge in [0.05, 0.1) is 13.7 Å². The molecule has 0 spiro atoms. The zero-order valence-corrected chi connectivity index (χ0v) is 10.8. The summed E-state index contributed by atoms with van der Waals surface area (Å²) >= 11 is 6.04. The number of halogens is 1. The minimum Gasteiger partial charge on any atom is -0.493 e. The average molecular weight is 256 g/mol. The Morgan fingerprint density at radius 3 is 2.82 bits per heavy atom. The predicted molar refractivity (Wildman–Crippen MR) is 68.1 cm³/mol. The van der Waals surface area contributed by atoms with Crippen LogP contribution in [-0.4, -0.2) is 13.7 Å². The molecule has 1 aliphatic carbocycles. The van der Waals surface area contributed by atoms with Gasteiger partial charge in [-0.25, -0.2) is 0 Å². The number of benzene rings is 1. The van der Waals surface area contributed by atoms with E-state index in [2.05, 4.69) is 5.48 Å². The summed E-state index contributed by atoms with van der Waals surface area (Å²) in [6, 6.07) is 5.76. The quantitative estimate of drug-likeness (QED) is 0.792. The molecule has 0 bridgehead atoms. The second-order valence-corrected chi connectivity index (χ2v) is 4.86. The maximum Gasteiger partial charge on any atom is 0.121 e. The fourth-order valence-corrected chi connectivity index (χ4v) is 2.08. The van der Waals surface area contributed by atoms with Gasteiger partial charge in [-0.05, 0) is 42.5 Å². The molecule has 4 heteroatoms. The topological polar surface area (TPSA) is 30.5 Å². The minimum absolute atomic E-state index is 0.622. The lowest BCUT2D eigenvalue weighted by Gasteiger charge is -2.25. The molecular formula is C13H18ClNO2. The van der Waals surface area contributed by atoms with Gasteiger partial charge in [0.15, 0.2) is 0 Å². The van der Waals surface area contributed by atoms with Gasteiger partial charge in [0.1, 0.15) is 5.75 Å². The lowest BCUT2D eigenvalue weighted by atomic mass is 9.86. The molecule has 1 aromatic rings. The van der Waals surface area contributed by atoms with Gasteiger partial charge in [0.25, 0.3) is 0 Å². The van der Waals surface area contributed by atoms with Crippen LogP contribution < -0.4 is 10.2 Å². The molecule has 1 aliphatic rings. The van der Waals surface area contributed by atoms with Crippen molar-refractivity contribution in [1.82, 2.24) is 5.48 Å². The number of rotatable bonds is 6. The first-order valence-corrected chi connectivity index (χ1v) is 6.34. The summed E-state index contributed by atoms with van der Waals surface area (Å²) in [4.78, 5) is 4.82. The van der Waals surface area contributed by atoms with Gasteiger partial charge in [0.2, 0.25) is 0 Å². The third-order valence-electron chi connectivity index (χ3n) is 3.06. The van der Waals surface area contributed by atoms with Gasteiger partial charge < -0.3 is 9.57 Å². The van der Waals surface area contributed by atoms with E-state index in [0.29, 0.717) is 11.6 Å². The summed E-state index contributed by atoms with van der Waals surface area (Å²) in [5, 5.41) is 0.698. The predicted octanol–water partition coefficient (Wildman–Crippen LogP) is 3.17. The highest BCUT2D eigenvalue weighted by Gasteiger charge is 2.17. The van der Waals surface area contributed by atoms with Crippen molar-refractivity contribution in [2.75, 3.05) is 13.7 Å². The zero-order valence-electron chi connectivity index (χ0n) is 10.0.